The molecule has 0 heterocycles. The lowest BCUT2D eigenvalue weighted by atomic mass is 10.1. The average Bonchev–Trinajstić information content (AvgIpc) is 2.83. The number of carbonyl (C=O) groups is 3. The molecular formula is C25H22N2O6. The average molecular weight is 446 g/mol. The first-order chi connectivity index (χ1) is 15.8. The number of esters is 1. The Bertz CT molecular complexity index is 1140. The van der Waals surface area contributed by atoms with Crippen LogP contribution in [0.1, 0.15) is 31.8 Å². The highest BCUT2D eigenvalue weighted by Crippen LogP contribution is 2.13. The number of benzene rings is 3. The molecular weight excluding hydrogens is 424 g/mol. The molecule has 0 aliphatic rings. The van der Waals surface area contributed by atoms with Crippen molar-refractivity contribution in [3.8, 4) is 0 Å². The van der Waals surface area contributed by atoms with Crippen LogP contribution in [-0.2, 0) is 16.0 Å². The Balaban J connectivity index is 1.70. The SMILES string of the molecule is Cc1ccc(C(=O)COC(=O)C(Cc2ccccc2)NC(=O)c2ccc([N+](=O)[O-])cc2)cc1. The molecule has 33 heavy (non-hydrogen) atoms. The van der Waals surface area contributed by atoms with Gasteiger partial charge < -0.3 is 10.1 Å². The summed E-state index contributed by atoms with van der Waals surface area (Å²) >= 11 is 0. The zero-order valence-electron chi connectivity index (χ0n) is 17.9. The number of rotatable bonds is 9. The highest BCUT2D eigenvalue weighted by Gasteiger charge is 2.24. The minimum Gasteiger partial charge on any atom is -0.456 e. The molecule has 1 unspecified atom stereocenters. The third-order valence-electron chi connectivity index (χ3n) is 4.93. The van der Waals surface area contributed by atoms with Crippen LogP contribution >= 0.6 is 0 Å². The standard InChI is InChI=1S/C25H22N2O6/c1-17-7-9-19(10-8-17)23(28)16-33-25(30)22(15-18-5-3-2-4-6-18)26-24(29)20-11-13-21(14-12-20)27(31)32/h2-14,22H,15-16H2,1H3,(H,26,29). The summed E-state index contributed by atoms with van der Waals surface area (Å²) in [6, 6.07) is 19.9. The zero-order valence-corrected chi connectivity index (χ0v) is 17.9. The molecule has 1 N–H and O–H groups in total. The highest BCUT2D eigenvalue weighted by atomic mass is 16.6. The molecule has 168 valence electrons. The Labute approximate surface area is 190 Å². The van der Waals surface area contributed by atoms with Gasteiger partial charge in [0.25, 0.3) is 11.6 Å². The highest BCUT2D eigenvalue weighted by molar-refractivity contribution is 5.99. The fourth-order valence-corrected chi connectivity index (χ4v) is 3.08. The van der Waals surface area contributed by atoms with Crippen LogP contribution in [0.4, 0.5) is 5.69 Å². The number of hydrogen-bond acceptors (Lipinski definition) is 6. The van der Waals surface area contributed by atoms with E-state index in [0.717, 1.165) is 11.1 Å². The summed E-state index contributed by atoms with van der Waals surface area (Å²) < 4.78 is 5.22. The number of ether oxygens (including phenoxy) is 1. The molecule has 1 amide bonds. The number of ketones is 1. The van der Waals surface area contributed by atoms with Gasteiger partial charge in [0.05, 0.1) is 4.92 Å². The molecule has 0 radical (unpaired) electrons. The number of hydrogen-bond donors (Lipinski definition) is 1. The molecule has 0 spiro atoms. The molecule has 8 nitrogen and oxygen atoms in total. The van der Waals surface area contributed by atoms with Crippen molar-refractivity contribution in [3.05, 3.63) is 111 Å². The van der Waals surface area contributed by atoms with E-state index < -0.39 is 29.4 Å². The van der Waals surface area contributed by atoms with Gasteiger partial charge in [-0.1, -0.05) is 60.2 Å². The van der Waals surface area contributed by atoms with Crippen LogP contribution < -0.4 is 5.32 Å². The topological polar surface area (TPSA) is 116 Å². The number of Topliss-reactive ketones (excluding diaryl/α,β-unsaturated/α-hetero) is 1. The van der Waals surface area contributed by atoms with E-state index in [9.17, 15) is 24.5 Å². The van der Waals surface area contributed by atoms with Crippen LogP contribution in [0.2, 0.25) is 0 Å². The van der Waals surface area contributed by atoms with Crippen molar-refractivity contribution in [2.45, 2.75) is 19.4 Å². The summed E-state index contributed by atoms with van der Waals surface area (Å²) in [6.45, 7) is 1.44. The van der Waals surface area contributed by atoms with Gasteiger partial charge in [-0.15, -0.1) is 0 Å². The third-order valence-corrected chi connectivity index (χ3v) is 4.93. The van der Waals surface area contributed by atoms with Gasteiger partial charge in [0, 0.05) is 29.7 Å². The number of non-ortho nitro benzene ring substituents is 1. The zero-order chi connectivity index (χ0) is 23.8. The molecule has 0 fully saturated rings. The Hall–Kier alpha value is -4.33. The van der Waals surface area contributed by atoms with E-state index in [1.165, 1.54) is 24.3 Å². The number of aryl methyl sites for hydroxylation is 1. The van der Waals surface area contributed by atoms with Crippen molar-refractivity contribution in [2.24, 2.45) is 0 Å². The largest absolute Gasteiger partial charge is 0.456 e. The molecule has 3 rings (SSSR count). The lowest BCUT2D eigenvalue weighted by Gasteiger charge is -2.18. The lowest BCUT2D eigenvalue weighted by Crippen LogP contribution is -2.43. The van der Waals surface area contributed by atoms with Gasteiger partial charge in [0.2, 0.25) is 0 Å². The van der Waals surface area contributed by atoms with E-state index in [1.807, 2.05) is 13.0 Å². The molecule has 0 aliphatic carbocycles. The first kappa shape index (κ1) is 23.3. The van der Waals surface area contributed by atoms with Gasteiger partial charge >= 0.3 is 5.97 Å². The van der Waals surface area contributed by atoms with Crippen molar-refractivity contribution in [3.63, 3.8) is 0 Å². The first-order valence-electron chi connectivity index (χ1n) is 10.2. The van der Waals surface area contributed by atoms with Gasteiger partial charge in [-0.2, -0.15) is 0 Å². The minimum atomic E-state index is -1.05. The minimum absolute atomic E-state index is 0.150. The summed E-state index contributed by atoms with van der Waals surface area (Å²) in [5.41, 5.74) is 2.21. The van der Waals surface area contributed by atoms with E-state index in [0.29, 0.717) is 5.56 Å². The van der Waals surface area contributed by atoms with Crippen LogP contribution in [0.25, 0.3) is 0 Å². The molecule has 8 heteroatoms. The molecule has 0 aromatic heterocycles. The van der Waals surface area contributed by atoms with Crippen LogP contribution in [0, 0.1) is 17.0 Å². The number of carbonyl (C=O) groups excluding carboxylic acids is 3. The summed E-state index contributed by atoms with van der Waals surface area (Å²) in [4.78, 5) is 48.0. The molecule has 3 aromatic rings. The van der Waals surface area contributed by atoms with Crippen LogP contribution in [0.5, 0.6) is 0 Å². The fourth-order valence-electron chi connectivity index (χ4n) is 3.08. The monoisotopic (exact) mass is 446 g/mol. The maximum atomic E-state index is 12.8. The molecule has 0 saturated heterocycles. The summed E-state index contributed by atoms with van der Waals surface area (Å²) in [5.74, 6) is -1.70. The Kier molecular flexibility index (Phi) is 7.64. The van der Waals surface area contributed by atoms with E-state index in [2.05, 4.69) is 5.32 Å². The molecule has 0 saturated carbocycles. The van der Waals surface area contributed by atoms with E-state index in [1.54, 1.807) is 48.5 Å². The summed E-state index contributed by atoms with van der Waals surface area (Å²) in [7, 11) is 0. The van der Waals surface area contributed by atoms with Crippen molar-refractivity contribution in [1.82, 2.24) is 5.32 Å². The normalized spacial score (nSPS) is 11.3. The van der Waals surface area contributed by atoms with E-state index in [4.69, 9.17) is 4.74 Å². The van der Waals surface area contributed by atoms with Crippen LogP contribution in [-0.4, -0.2) is 35.2 Å². The number of nitro benzene ring substituents is 1. The second-order valence-corrected chi connectivity index (χ2v) is 7.42. The molecule has 0 aliphatic heterocycles. The Morgan fingerprint density at radius 2 is 1.52 bits per heavy atom. The second kappa shape index (κ2) is 10.8. The molecule has 1 atom stereocenters. The predicted octanol–water partition coefficient (Wildman–Crippen LogP) is 3.67. The lowest BCUT2D eigenvalue weighted by molar-refractivity contribution is -0.384. The maximum Gasteiger partial charge on any atom is 0.329 e. The van der Waals surface area contributed by atoms with E-state index in [-0.39, 0.29) is 23.5 Å². The maximum absolute atomic E-state index is 12.8. The fraction of sp³-hybridized carbons (Fsp3) is 0.160. The van der Waals surface area contributed by atoms with E-state index >= 15 is 0 Å². The van der Waals surface area contributed by atoms with Crippen LogP contribution in [0.3, 0.4) is 0 Å². The van der Waals surface area contributed by atoms with Crippen molar-refractivity contribution in [2.75, 3.05) is 6.61 Å². The first-order valence-corrected chi connectivity index (χ1v) is 10.2. The predicted molar refractivity (Wildman–Crippen MR) is 121 cm³/mol. The van der Waals surface area contributed by atoms with Gasteiger partial charge in [0.15, 0.2) is 12.4 Å². The Morgan fingerprint density at radius 3 is 2.12 bits per heavy atom. The molecule has 0 bridgehead atoms. The van der Waals surface area contributed by atoms with Crippen molar-refractivity contribution in [1.29, 1.82) is 0 Å². The smallest absolute Gasteiger partial charge is 0.329 e. The number of amides is 1. The quantitative estimate of drug-likeness (QED) is 0.232. The van der Waals surface area contributed by atoms with Gasteiger partial charge in [-0.3, -0.25) is 19.7 Å². The van der Waals surface area contributed by atoms with Gasteiger partial charge in [-0.25, -0.2) is 4.79 Å². The summed E-state index contributed by atoms with van der Waals surface area (Å²) in [5, 5.41) is 13.4. The Morgan fingerprint density at radius 1 is 0.909 bits per heavy atom. The molecule has 3 aromatic carbocycles. The second-order valence-electron chi connectivity index (χ2n) is 7.42. The number of nitrogens with one attached hydrogen (secondary N) is 1. The van der Waals surface area contributed by atoms with Gasteiger partial charge in [0.1, 0.15) is 6.04 Å². The van der Waals surface area contributed by atoms with Crippen molar-refractivity contribution < 1.29 is 24.0 Å². The van der Waals surface area contributed by atoms with Crippen molar-refractivity contribution >= 4 is 23.3 Å². The van der Waals surface area contributed by atoms with Crippen LogP contribution in [0.15, 0.2) is 78.9 Å². The van der Waals surface area contributed by atoms with Gasteiger partial charge in [-0.05, 0) is 24.6 Å². The third kappa shape index (κ3) is 6.57. The number of nitrogens with zero attached hydrogens (tertiary/aromatic N) is 1. The number of nitro groups is 1. The summed E-state index contributed by atoms with van der Waals surface area (Å²) in [6.07, 6.45) is 0.150.